The van der Waals surface area contributed by atoms with Crippen LogP contribution in [0.1, 0.15) is 26.5 Å². The average molecular weight is 146 g/mol. The molecule has 0 saturated carbocycles. The lowest BCUT2D eigenvalue weighted by Gasteiger charge is -2.19. The first-order valence-electron chi connectivity index (χ1n) is 3.58. The van der Waals surface area contributed by atoms with Crippen LogP contribution in [0.2, 0.25) is 0 Å². The highest BCUT2D eigenvalue weighted by Gasteiger charge is 2.16. The van der Waals surface area contributed by atoms with E-state index >= 15 is 0 Å². The largest absolute Gasteiger partial charge is 0.245 e. The van der Waals surface area contributed by atoms with Gasteiger partial charge in [-0.15, -0.1) is 0 Å². The Labute approximate surface area is 68.5 Å². The fourth-order valence-electron chi connectivity index (χ4n) is 0.967. The maximum Gasteiger partial charge on any atom is 0.118 e. The van der Waals surface area contributed by atoms with Gasteiger partial charge < -0.3 is 0 Å². The minimum absolute atomic E-state index is 0.00697. The fraction of sp³-hybridized carbons (Fsp3) is 0.500. The van der Waals surface area contributed by atoms with Crippen LogP contribution >= 0.6 is 0 Å². The fourth-order valence-corrected chi connectivity index (χ4v) is 0.967. The summed E-state index contributed by atoms with van der Waals surface area (Å²) >= 11 is 0. The van der Waals surface area contributed by atoms with Crippen molar-refractivity contribution in [2.75, 3.05) is 0 Å². The van der Waals surface area contributed by atoms with E-state index < -0.39 is 0 Å². The number of rotatable bonds is 0. The summed E-state index contributed by atoms with van der Waals surface area (Å²) in [5.41, 5.74) is 1.58. The van der Waals surface area contributed by atoms with E-state index in [9.17, 15) is 0 Å². The maximum atomic E-state index is 5.68. The van der Waals surface area contributed by atoms with Gasteiger partial charge in [0.05, 0.1) is 0 Å². The van der Waals surface area contributed by atoms with Crippen molar-refractivity contribution in [2.45, 2.75) is 26.2 Å². The van der Waals surface area contributed by atoms with Crippen LogP contribution in [0.5, 0.6) is 0 Å². The molecule has 1 aromatic heterocycles. The molecule has 2 nitrogen and oxygen atoms in total. The topological polar surface area (TPSA) is 25.8 Å². The van der Waals surface area contributed by atoms with E-state index in [1.807, 2.05) is 0 Å². The summed E-state index contributed by atoms with van der Waals surface area (Å²) < 4.78 is 0. The minimum Gasteiger partial charge on any atom is -0.245 e. The lowest BCUT2D eigenvalue weighted by Crippen LogP contribution is -2.25. The molecule has 0 atom stereocenters. The summed E-state index contributed by atoms with van der Waals surface area (Å²) in [6.07, 6.45) is 3.16. The van der Waals surface area contributed by atoms with Gasteiger partial charge >= 0.3 is 0 Å². The minimum atomic E-state index is 0.00697. The maximum absolute atomic E-state index is 5.68. The summed E-state index contributed by atoms with van der Waals surface area (Å²) in [5, 5.41) is 0. The first kappa shape index (κ1) is 8.24. The summed E-state index contributed by atoms with van der Waals surface area (Å²) in [7, 11) is 5.68. The summed E-state index contributed by atoms with van der Waals surface area (Å²) in [6.45, 7) is 6.23. The summed E-state index contributed by atoms with van der Waals surface area (Å²) in [5.74, 6) is 0. The third kappa shape index (κ3) is 1.79. The van der Waals surface area contributed by atoms with E-state index in [1.54, 1.807) is 6.20 Å². The van der Waals surface area contributed by atoms with E-state index in [4.69, 9.17) is 7.85 Å². The zero-order chi connectivity index (χ0) is 8.48. The molecule has 0 unspecified atom stereocenters. The molecule has 3 heteroatoms. The Balaban J connectivity index is 3.14. The van der Waals surface area contributed by atoms with Crippen LogP contribution in [0.3, 0.4) is 0 Å². The van der Waals surface area contributed by atoms with Gasteiger partial charge in [-0.25, -0.2) is 9.97 Å². The van der Waals surface area contributed by atoms with Crippen molar-refractivity contribution in [1.29, 1.82) is 0 Å². The van der Waals surface area contributed by atoms with Crippen molar-refractivity contribution >= 4 is 13.3 Å². The van der Waals surface area contributed by atoms with Crippen molar-refractivity contribution in [3.8, 4) is 0 Å². The first-order chi connectivity index (χ1) is 5.02. The van der Waals surface area contributed by atoms with Crippen LogP contribution in [0, 0.1) is 0 Å². The monoisotopic (exact) mass is 146 g/mol. The summed E-state index contributed by atoms with van der Waals surface area (Å²) in [6, 6.07) is 0. The van der Waals surface area contributed by atoms with Gasteiger partial charge in [0, 0.05) is 17.3 Å². The molecule has 2 radical (unpaired) electrons. The molecule has 0 N–H and O–H groups in total. The van der Waals surface area contributed by atoms with Crippen molar-refractivity contribution in [2.24, 2.45) is 0 Å². The smallest absolute Gasteiger partial charge is 0.118 e. The molecule has 1 rings (SSSR count). The molecule has 11 heavy (non-hydrogen) atoms. The quantitative estimate of drug-likeness (QED) is 0.500. The van der Waals surface area contributed by atoms with E-state index in [2.05, 4.69) is 30.7 Å². The molecule has 0 bridgehead atoms. The second-order valence-corrected chi connectivity index (χ2v) is 3.58. The van der Waals surface area contributed by atoms with E-state index in [1.165, 1.54) is 6.33 Å². The van der Waals surface area contributed by atoms with Crippen LogP contribution < -0.4 is 5.46 Å². The van der Waals surface area contributed by atoms with Gasteiger partial charge in [-0.05, 0) is 0 Å². The van der Waals surface area contributed by atoms with Crippen LogP contribution in [0.15, 0.2) is 12.5 Å². The van der Waals surface area contributed by atoms with Crippen LogP contribution in [0.4, 0.5) is 0 Å². The number of aromatic nitrogens is 2. The lowest BCUT2D eigenvalue weighted by molar-refractivity contribution is 0.571. The predicted molar refractivity (Wildman–Crippen MR) is 46.1 cm³/mol. The van der Waals surface area contributed by atoms with Crippen molar-refractivity contribution in [3.05, 3.63) is 18.2 Å². The highest BCUT2D eigenvalue weighted by molar-refractivity contribution is 6.33. The Morgan fingerprint density at radius 1 is 1.36 bits per heavy atom. The average Bonchev–Trinajstić information content (AvgIpc) is 1.86. The molecule has 0 fully saturated rings. The second kappa shape index (κ2) is 2.64. The van der Waals surface area contributed by atoms with E-state index in [-0.39, 0.29) is 5.41 Å². The highest BCUT2D eigenvalue weighted by Crippen LogP contribution is 2.16. The number of nitrogens with zero attached hydrogens (tertiary/aromatic N) is 2. The van der Waals surface area contributed by atoms with Gasteiger partial charge in [0.1, 0.15) is 14.2 Å². The van der Waals surface area contributed by atoms with Crippen molar-refractivity contribution < 1.29 is 0 Å². The number of hydrogen-bond donors (Lipinski definition) is 0. The molecular formula is C8H11BN2. The summed E-state index contributed by atoms with van der Waals surface area (Å²) in [4.78, 5) is 7.94. The zero-order valence-corrected chi connectivity index (χ0v) is 7.13. The van der Waals surface area contributed by atoms with Gasteiger partial charge in [-0.1, -0.05) is 26.2 Å². The predicted octanol–water partition coefficient (Wildman–Crippen LogP) is 0.568. The lowest BCUT2D eigenvalue weighted by atomic mass is 9.82. The molecule has 0 aliphatic rings. The second-order valence-electron chi connectivity index (χ2n) is 3.58. The molecule has 0 spiro atoms. The van der Waals surface area contributed by atoms with E-state index in [0.717, 1.165) is 5.69 Å². The van der Waals surface area contributed by atoms with Gasteiger partial charge in [0.15, 0.2) is 0 Å². The van der Waals surface area contributed by atoms with Crippen LogP contribution in [-0.2, 0) is 5.41 Å². The normalized spacial score (nSPS) is 11.5. The van der Waals surface area contributed by atoms with Crippen LogP contribution in [-0.4, -0.2) is 17.8 Å². The Morgan fingerprint density at radius 2 is 2.00 bits per heavy atom. The molecule has 0 saturated heterocycles. The molecule has 1 aromatic rings. The Hall–Kier alpha value is -0.855. The standard InChI is InChI=1S/C8H11BN2/c1-8(2,3)7-6(9)4-10-5-11-7/h4-5H,1-3H3. The molecule has 56 valence electrons. The van der Waals surface area contributed by atoms with Gasteiger partial charge in [0.2, 0.25) is 0 Å². The van der Waals surface area contributed by atoms with Crippen LogP contribution in [0.25, 0.3) is 0 Å². The first-order valence-corrected chi connectivity index (χ1v) is 3.58. The zero-order valence-electron chi connectivity index (χ0n) is 7.13. The number of hydrogen-bond acceptors (Lipinski definition) is 2. The Bertz CT molecular complexity index is 253. The molecule has 0 aliphatic carbocycles. The SMILES string of the molecule is [B]c1cncnc1C(C)(C)C. The molecule has 0 amide bonds. The van der Waals surface area contributed by atoms with Gasteiger partial charge in [0.25, 0.3) is 0 Å². The Kier molecular flexibility index (Phi) is 1.98. The Morgan fingerprint density at radius 3 is 2.36 bits per heavy atom. The molecular weight excluding hydrogens is 135 g/mol. The molecule has 0 aliphatic heterocycles. The van der Waals surface area contributed by atoms with Gasteiger partial charge in [-0.2, -0.15) is 0 Å². The molecule has 1 heterocycles. The van der Waals surface area contributed by atoms with E-state index in [0.29, 0.717) is 5.46 Å². The highest BCUT2D eigenvalue weighted by atomic mass is 14.8. The van der Waals surface area contributed by atoms with Gasteiger partial charge in [-0.3, -0.25) is 0 Å². The third-order valence-electron chi connectivity index (χ3n) is 1.45. The third-order valence-corrected chi connectivity index (χ3v) is 1.45. The molecule has 0 aromatic carbocycles. The van der Waals surface area contributed by atoms with Crippen molar-refractivity contribution in [3.63, 3.8) is 0 Å². The van der Waals surface area contributed by atoms with Crippen molar-refractivity contribution in [1.82, 2.24) is 9.97 Å².